The number of rotatable bonds is 5. The Labute approximate surface area is 128 Å². The van der Waals surface area contributed by atoms with Crippen molar-refractivity contribution < 1.29 is 9.84 Å². The fourth-order valence-electron chi connectivity index (χ4n) is 2.67. The third-order valence-corrected chi connectivity index (χ3v) is 4.39. The van der Waals surface area contributed by atoms with Crippen molar-refractivity contribution in [1.29, 1.82) is 0 Å². The van der Waals surface area contributed by atoms with Crippen molar-refractivity contribution >= 4 is 5.82 Å². The maximum absolute atomic E-state index is 9.61. The molecule has 1 atom stereocenters. The van der Waals surface area contributed by atoms with E-state index >= 15 is 0 Å². The quantitative estimate of drug-likeness (QED) is 0.904. The summed E-state index contributed by atoms with van der Waals surface area (Å²) in [5, 5.41) is 9.61. The summed E-state index contributed by atoms with van der Waals surface area (Å²) < 4.78 is 6.01. The largest absolute Gasteiger partial charge is 0.472 e. The molecule has 0 spiro atoms. The number of hydrogen-bond donors (Lipinski definition) is 1. The molecular weight excluding hydrogens is 264 g/mol. The average Bonchev–Trinajstić information content (AvgIpc) is 2.49. The van der Waals surface area contributed by atoms with Gasteiger partial charge in [0.15, 0.2) is 0 Å². The number of anilines is 1. The molecule has 1 aromatic rings. The second kappa shape index (κ2) is 6.65. The van der Waals surface area contributed by atoms with Crippen molar-refractivity contribution in [3.05, 3.63) is 17.7 Å². The highest BCUT2D eigenvalue weighted by Gasteiger charge is 2.25. The highest BCUT2D eigenvalue weighted by atomic mass is 16.5. The zero-order valence-electron chi connectivity index (χ0n) is 13.7. The first-order valence-electron chi connectivity index (χ1n) is 8.01. The summed E-state index contributed by atoms with van der Waals surface area (Å²) in [6.45, 7) is 9.48. The molecule has 1 aromatic heterocycles. The molecule has 0 aromatic carbocycles. The van der Waals surface area contributed by atoms with Crippen molar-refractivity contribution in [3.63, 3.8) is 0 Å². The molecule has 0 aliphatic carbocycles. The van der Waals surface area contributed by atoms with Crippen LogP contribution in [0.15, 0.2) is 12.1 Å². The number of aliphatic hydroxyl groups is 1. The molecule has 4 heteroatoms. The highest BCUT2D eigenvalue weighted by molar-refractivity contribution is 5.49. The van der Waals surface area contributed by atoms with Crippen molar-refractivity contribution in [1.82, 2.24) is 4.98 Å². The third kappa shape index (κ3) is 3.88. The van der Waals surface area contributed by atoms with Gasteiger partial charge >= 0.3 is 0 Å². The predicted octanol–water partition coefficient (Wildman–Crippen LogP) is 3.31. The van der Waals surface area contributed by atoms with E-state index in [2.05, 4.69) is 38.7 Å². The molecule has 1 unspecified atom stereocenters. The van der Waals surface area contributed by atoms with Crippen LogP contribution in [-0.4, -0.2) is 34.9 Å². The smallest absolute Gasteiger partial charge is 0.215 e. The lowest BCUT2D eigenvalue weighted by Crippen LogP contribution is -2.42. The molecule has 1 fully saturated rings. The monoisotopic (exact) mass is 292 g/mol. The van der Waals surface area contributed by atoms with Gasteiger partial charge in [0, 0.05) is 12.6 Å². The van der Waals surface area contributed by atoms with Crippen LogP contribution < -0.4 is 9.64 Å². The minimum atomic E-state index is -0.211. The Morgan fingerprint density at radius 3 is 2.81 bits per heavy atom. The van der Waals surface area contributed by atoms with Gasteiger partial charge in [0.2, 0.25) is 5.88 Å². The van der Waals surface area contributed by atoms with Gasteiger partial charge in [-0.15, -0.1) is 0 Å². The Morgan fingerprint density at radius 1 is 1.38 bits per heavy atom. The van der Waals surface area contributed by atoms with E-state index in [1.165, 1.54) is 6.42 Å². The number of hydrogen-bond acceptors (Lipinski definition) is 4. The summed E-state index contributed by atoms with van der Waals surface area (Å²) in [5.41, 5.74) is 0.926. The molecular formula is C17H28N2O2. The molecule has 0 saturated carbocycles. The molecule has 0 radical (unpaired) electrons. The molecule has 2 heterocycles. The zero-order chi connectivity index (χ0) is 15.5. The summed E-state index contributed by atoms with van der Waals surface area (Å²) in [6, 6.07) is 4.18. The van der Waals surface area contributed by atoms with E-state index in [0.29, 0.717) is 5.88 Å². The van der Waals surface area contributed by atoms with E-state index in [4.69, 9.17) is 9.72 Å². The fourth-order valence-corrected chi connectivity index (χ4v) is 2.67. The SMILES string of the molecule is CCC(C)(C)Oc1ccc(C)c(N2CCCCC2CO)n1. The van der Waals surface area contributed by atoms with Gasteiger partial charge in [-0.2, -0.15) is 4.98 Å². The minimum absolute atomic E-state index is 0.180. The first-order valence-corrected chi connectivity index (χ1v) is 8.01. The van der Waals surface area contributed by atoms with Crippen LogP contribution in [0.4, 0.5) is 5.82 Å². The summed E-state index contributed by atoms with van der Waals surface area (Å²) in [5.74, 6) is 1.63. The standard InChI is InChI=1S/C17H28N2O2/c1-5-17(3,4)21-15-10-9-13(2)16(18-15)19-11-7-6-8-14(19)12-20/h9-10,14,20H,5-8,11-12H2,1-4H3. The lowest BCUT2D eigenvalue weighted by Gasteiger charge is -2.36. The predicted molar refractivity (Wildman–Crippen MR) is 86.0 cm³/mol. The van der Waals surface area contributed by atoms with Crippen LogP contribution in [0.3, 0.4) is 0 Å². The Bertz CT molecular complexity index is 474. The second-order valence-corrected chi connectivity index (χ2v) is 6.53. The van der Waals surface area contributed by atoms with Crippen LogP contribution in [0, 0.1) is 6.92 Å². The number of ether oxygens (including phenoxy) is 1. The number of aromatic nitrogens is 1. The lowest BCUT2D eigenvalue weighted by molar-refractivity contribution is 0.0990. The van der Waals surface area contributed by atoms with Crippen molar-refractivity contribution in [2.45, 2.75) is 65.0 Å². The fraction of sp³-hybridized carbons (Fsp3) is 0.706. The Morgan fingerprint density at radius 2 is 2.14 bits per heavy atom. The molecule has 1 saturated heterocycles. The number of piperidine rings is 1. The summed E-state index contributed by atoms with van der Waals surface area (Å²) in [4.78, 5) is 6.96. The molecule has 118 valence electrons. The molecule has 2 rings (SSSR count). The Balaban J connectivity index is 2.26. The first kappa shape index (κ1) is 16.1. The van der Waals surface area contributed by atoms with Crippen LogP contribution in [0.25, 0.3) is 0 Å². The van der Waals surface area contributed by atoms with Crippen LogP contribution in [-0.2, 0) is 0 Å². The van der Waals surface area contributed by atoms with Crippen LogP contribution in [0.5, 0.6) is 5.88 Å². The van der Waals surface area contributed by atoms with Crippen molar-refractivity contribution in [2.75, 3.05) is 18.1 Å². The van der Waals surface area contributed by atoms with E-state index in [0.717, 1.165) is 37.2 Å². The number of nitrogens with zero attached hydrogens (tertiary/aromatic N) is 2. The summed E-state index contributed by atoms with van der Waals surface area (Å²) in [6.07, 6.45) is 4.30. The van der Waals surface area contributed by atoms with Gasteiger partial charge < -0.3 is 14.7 Å². The third-order valence-electron chi connectivity index (χ3n) is 4.39. The van der Waals surface area contributed by atoms with Gasteiger partial charge in [-0.05, 0) is 52.0 Å². The normalized spacial score (nSPS) is 19.7. The first-order chi connectivity index (χ1) is 9.96. The molecule has 1 aliphatic heterocycles. The maximum Gasteiger partial charge on any atom is 0.215 e. The van der Waals surface area contributed by atoms with E-state index < -0.39 is 0 Å². The van der Waals surface area contributed by atoms with E-state index in [-0.39, 0.29) is 18.2 Å². The number of pyridine rings is 1. The molecule has 0 amide bonds. The van der Waals surface area contributed by atoms with Crippen LogP contribution in [0.1, 0.15) is 52.0 Å². The van der Waals surface area contributed by atoms with Gasteiger partial charge in [-0.1, -0.05) is 13.0 Å². The summed E-state index contributed by atoms with van der Waals surface area (Å²) in [7, 11) is 0. The van der Waals surface area contributed by atoms with E-state index in [1.807, 2.05) is 6.07 Å². The topological polar surface area (TPSA) is 45.6 Å². The zero-order valence-corrected chi connectivity index (χ0v) is 13.7. The lowest BCUT2D eigenvalue weighted by atomic mass is 10.0. The molecule has 4 nitrogen and oxygen atoms in total. The number of aryl methyl sites for hydroxylation is 1. The molecule has 1 N–H and O–H groups in total. The van der Waals surface area contributed by atoms with Gasteiger partial charge in [0.25, 0.3) is 0 Å². The molecule has 1 aliphatic rings. The Kier molecular flexibility index (Phi) is 5.09. The van der Waals surface area contributed by atoms with Gasteiger partial charge in [-0.3, -0.25) is 0 Å². The van der Waals surface area contributed by atoms with Gasteiger partial charge in [0.1, 0.15) is 11.4 Å². The minimum Gasteiger partial charge on any atom is -0.472 e. The van der Waals surface area contributed by atoms with Crippen molar-refractivity contribution in [2.24, 2.45) is 0 Å². The second-order valence-electron chi connectivity index (χ2n) is 6.53. The molecule has 0 bridgehead atoms. The van der Waals surface area contributed by atoms with E-state index in [1.54, 1.807) is 0 Å². The Hall–Kier alpha value is -1.29. The van der Waals surface area contributed by atoms with Gasteiger partial charge in [-0.25, -0.2) is 0 Å². The van der Waals surface area contributed by atoms with Crippen molar-refractivity contribution in [3.8, 4) is 5.88 Å². The van der Waals surface area contributed by atoms with Crippen LogP contribution in [0.2, 0.25) is 0 Å². The number of aliphatic hydroxyl groups excluding tert-OH is 1. The maximum atomic E-state index is 9.61. The summed E-state index contributed by atoms with van der Waals surface area (Å²) >= 11 is 0. The highest BCUT2D eigenvalue weighted by Crippen LogP contribution is 2.29. The molecule has 21 heavy (non-hydrogen) atoms. The van der Waals surface area contributed by atoms with E-state index in [9.17, 15) is 5.11 Å². The van der Waals surface area contributed by atoms with Crippen LogP contribution >= 0.6 is 0 Å². The average molecular weight is 292 g/mol. The van der Waals surface area contributed by atoms with Gasteiger partial charge in [0.05, 0.1) is 12.6 Å².